The number of nitrogens with one attached hydrogen (secondary N) is 1. The van der Waals surface area contributed by atoms with Crippen molar-refractivity contribution < 1.29 is 17.9 Å². The zero-order chi connectivity index (χ0) is 14.6. The molecule has 0 aliphatic rings. The summed E-state index contributed by atoms with van der Waals surface area (Å²) < 4.78 is 40.6. The van der Waals surface area contributed by atoms with Crippen molar-refractivity contribution in [2.24, 2.45) is 5.92 Å². The minimum atomic E-state index is -4.39. The topological polar surface area (TPSA) is 55.0 Å². The van der Waals surface area contributed by atoms with Crippen LogP contribution in [-0.2, 0) is 17.8 Å². The normalized spacial score (nSPS) is 12.2. The number of hydrogen-bond donors (Lipinski definition) is 1. The predicted molar refractivity (Wildman–Crippen MR) is 66.8 cm³/mol. The third kappa shape index (κ3) is 5.73. The van der Waals surface area contributed by atoms with E-state index >= 15 is 0 Å². The van der Waals surface area contributed by atoms with Crippen LogP contribution in [0, 0.1) is 5.92 Å². The van der Waals surface area contributed by atoms with Crippen molar-refractivity contribution in [3.05, 3.63) is 26.3 Å². The van der Waals surface area contributed by atoms with Crippen LogP contribution in [0.5, 0.6) is 0 Å². The fourth-order valence-electron chi connectivity index (χ4n) is 1.41. The minimum Gasteiger partial charge on any atom is -0.364 e. The smallest absolute Gasteiger partial charge is 0.364 e. The highest BCUT2D eigenvalue weighted by Crippen LogP contribution is 2.16. The van der Waals surface area contributed by atoms with Crippen LogP contribution in [0.4, 0.5) is 13.2 Å². The second-order valence-corrected chi connectivity index (χ2v) is 5.27. The Balaban J connectivity index is 2.80. The first kappa shape index (κ1) is 16.2. The molecular formula is C11H14BrF3N2O2. The van der Waals surface area contributed by atoms with E-state index in [4.69, 9.17) is 0 Å². The number of H-pyrrole nitrogens is 1. The molecule has 0 amide bonds. The van der Waals surface area contributed by atoms with Crippen LogP contribution < -0.4 is 5.56 Å². The average Bonchev–Trinajstić information content (AvgIpc) is 2.22. The largest absolute Gasteiger partial charge is 0.411 e. The summed E-state index contributed by atoms with van der Waals surface area (Å²) >= 11 is 3.12. The van der Waals surface area contributed by atoms with E-state index in [0.717, 1.165) is 0 Å². The molecule has 1 N–H and O–H groups in total. The fraction of sp³-hybridized carbons (Fsp3) is 0.636. The van der Waals surface area contributed by atoms with Crippen molar-refractivity contribution in [1.29, 1.82) is 0 Å². The molecule has 19 heavy (non-hydrogen) atoms. The Morgan fingerprint density at radius 1 is 1.42 bits per heavy atom. The number of nitrogens with zero attached hydrogens (tertiary/aromatic N) is 1. The summed E-state index contributed by atoms with van der Waals surface area (Å²) in [6.07, 6.45) is -3.84. The molecular weight excluding hydrogens is 329 g/mol. The van der Waals surface area contributed by atoms with Crippen molar-refractivity contribution in [3.63, 3.8) is 0 Å². The number of aromatic nitrogens is 2. The molecule has 0 aliphatic carbocycles. The standard InChI is InChI=1S/C11H14BrF3N2O2/c1-6(2)3-7-9(12)10(18)17-8(16-7)4-19-5-11(13,14)15/h6H,3-5H2,1-2H3,(H,16,17,18). The molecule has 0 aromatic carbocycles. The Labute approximate surface area is 116 Å². The van der Waals surface area contributed by atoms with Gasteiger partial charge in [0.1, 0.15) is 23.5 Å². The third-order valence-corrected chi connectivity index (χ3v) is 2.90. The van der Waals surface area contributed by atoms with Gasteiger partial charge in [-0.1, -0.05) is 13.8 Å². The van der Waals surface area contributed by atoms with Crippen molar-refractivity contribution in [3.8, 4) is 0 Å². The lowest BCUT2D eigenvalue weighted by molar-refractivity contribution is -0.177. The summed E-state index contributed by atoms with van der Waals surface area (Å²) in [5.41, 5.74) is 0.0978. The van der Waals surface area contributed by atoms with E-state index in [1.807, 2.05) is 13.8 Å². The molecule has 1 aromatic heterocycles. The molecule has 1 rings (SSSR count). The summed E-state index contributed by atoms with van der Waals surface area (Å²) in [5, 5.41) is 0. The highest BCUT2D eigenvalue weighted by atomic mass is 79.9. The Morgan fingerprint density at radius 3 is 2.58 bits per heavy atom. The molecule has 1 heterocycles. The van der Waals surface area contributed by atoms with Crippen LogP contribution in [0.15, 0.2) is 9.27 Å². The van der Waals surface area contributed by atoms with E-state index in [1.54, 1.807) is 0 Å². The number of hydrogen-bond acceptors (Lipinski definition) is 3. The molecule has 108 valence electrons. The number of alkyl halides is 3. The molecule has 0 unspecified atom stereocenters. The minimum absolute atomic E-state index is 0.0908. The summed E-state index contributed by atoms with van der Waals surface area (Å²) in [6.45, 7) is 2.16. The van der Waals surface area contributed by atoms with Crippen molar-refractivity contribution >= 4 is 15.9 Å². The van der Waals surface area contributed by atoms with Gasteiger partial charge in [-0.3, -0.25) is 4.79 Å². The predicted octanol–water partition coefficient (Wildman–Crippen LogP) is 2.81. The van der Waals surface area contributed by atoms with E-state index in [1.165, 1.54) is 0 Å². The van der Waals surface area contributed by atoms with Gasteiger partial charge in [-0.25, -0.2) is 4.98 Å². The van der Waals surface area contributed by atoms with E-state index in [0.29, 0.717) is 16.6 Å². The Bertz CT molecular complexity index is 486. The molecule has 0 saturated carbocycles. The quantitative estimate of drug-likeness (QED) is 0.895. The van der Waals surface area contributed by atoms with Crippen molar-refractivity contribution in [2.75, 3.05) is 6.61 Å². The molecule has 8 heteroatoms. The van der Waals surface area contributed by atoms with E-state index in [9.17, 15) is 18.0 Å². The highest BCUT2D eigenvalue weighted by molar-refractivity contribution is 9.10. The number of rotatable bonds is 5. The van der Waals surface area contributed by atoms with Gasteiger partial charge in [-0.15, -0.1) is 0 Å². The molecule has 4 nitrogen and oxygen atoms in total. The van der Waals surface area contributed by atoms with Gasteiger partial charge in [0.25, 0.3) is 5.56 Å². The first-order valence-corrected chi connectivity index (χ1v) is 6.40. The van der Waals surface area contributed by atoms with E-state index < -0.39 is 18.3 Å². The molecule has 0 radical (unpaired) electrons. The van der Waals surface area contributed by atoms with Crippen LogP contribution in [0.3, 0.4) is 0 Å². The molecule has 0 spiro atoms. The monoisotopic (exact) mass is 342 g/mol. The van der Waals surface area contributed by atoms with Gasteiger partial charge in [0, 0.05) is 0 Å². The number of halogens is 4. The first-order valence-electron chi connectivity index (χ1n) is 5.61. The SMILES string of the molecule is CC(C)Cc1nc(COCC(F)(F)F)[nH]c(=O)c1Br. The second kappa shape index (κ2) is 6.51. The lowest BCUT2D eigenvalue weighted by Gasteiger charge is -2.10. The lowest BCUT2D eigenvalue weighted by atomic mass is 10.1. The van der Waals surface area contributed by atoms with Crippen molar-refractivity contribution in [1.82, 2.24) is 9.97 Å². The second-order valence-electron chi connectivity index (χ2n) is 4.48. The molecule has 0 aliphatic heterocycles. The molecule has 0 bridgehead atoms. The van der Waals surface area contributed by atoms with E-state index in [-0.39, 0.29) is 18.3 Å². The summed E-state index contributed by atoms with van der Waals surface area (Å²) in [5.74, 6) is 0.364. The number of ether oxygens (including phenoxy) is 1. The number of aromatic amines is 1. The summed E-state index contributed by atoms with van der Waals surface area (Å²) in [4.78, 5) is 18.0. The third-order valence-electron chi connectivity index (χ3n) is 2.09. The van der Waals surface area contributed by atoms with Crippen LogP contribution >= 0.6 is 15.9 Å². The Morgan fingerprint density at radius 2 is 2.05 bits per heavy atom. The van der Waals surface area contributed by atoms with Gasteiger partial charge < -0.3 is 9.72 Å². The fourth-order valence-corrected chi connectivity index (χ4v) is 1.76. The van der Waals surface area contributed by atoms with Gasteiger partial charge in [0.05, 0.1) is 5.69 Å². The van der Waals surface area contributed by atoms with Gasteiger partial charge >= 0.3 is 6.18 Å². The summed E-state index contributed by atoms with van der Waals surface area (Å²) in [6, 6.07) is 0. The van der Waals surface area contributed by atoms with Crippen molar-refractivity contribution in [2.45, 2.75) is 33.1 Å². The maximum atomic E-state index is 11.9. The van der Waals surface area contributed by atoms with Crippen LogP contribution in [0.1, 0.15) is 25.4 Å². The summed E-state index contributed by atoms with van der Waals surface area (Å²) in [7, 11) is 0. The van der Waals surface area contributed by atoms with Gasteiger partial charge in [-0.2, -0.15) is 13.2 Å². The van der Waals surface area contributed by atoms with Gasteiger partial charge in [-0.05, 0) is 28.3 Å². The van der Waals surface area contributed by atoms with E-state index in [2.05, 4.69) is 30.6 Å². The van der Waals surface area contributed by atoms with Crippen LogP contribution in [0.2, 0.25) is 0 Å². The lowest BCUT2D eigenvalue weighted by Crippen LogP contribution is -2.20. The van der Waals surface area contributed by atoms with Crippen LogP contribution in [-0.4, -0.2) is 22.8 Å². The van der Waals surface area contributed by atoms with Gasteiger partial charge in [0.15, 0.2) is 0 Å². The zero-order valence-electron chi connectivity index (χ0n) is 10.5. The molecule has 0 fully saturated rings. The van der Waals surface area contributed by atoms with Crippen LogP contribution in [0.25, 0.3) is 0 Å². The maximum absolute atomic E-state index is 11.9. The molecule has 1 aromatic rings. The average molecular weight is 343 g/mol. The molecule has 0 atom stereocenters. The zero-order valence-corrected chi connectivity index (χ0v) is 12.1. The molecule has 0 saturated heterocycles. The Hall–Kier alpha value is -0.890. The maximum Gasteiger partial charge on any atom is 0.411 e. The first-order chi connectivity index (χ1) is 8.69. The Kier molecular flexibility index (Phi) is 5.54. The highest BCUT2D eigenvalue weighted by Gasteiger charge is 2.27. The van der Waals surface area contributed by atoms with Gasteiger partial charge in [0.2, 0.25) is 0 Å².